The number of rotatable bonds is 9. The first-order valence-corrected chi connectivity index (χ1v) is 8.01. The smallest absolute Gasteiger partial charge is 0.115 e. The molecule has 0 radical (unpaired) electrons. The zero-order valence-corrected chi connectivity index (χ0v) is 13.5. The fourth-order valence-electron chi connectivity index (χ4n) is 2.53. The zero-order valence-electron chi connectivity index (χ0n) is 13.5. The summed E-state index contributed by atoms with van der Waals surface area (Å²) in [6, 6.07) is 8.69. The van der Waals surface area contributed by atoms with Gasteiger partial charge in [-0.2, -0.15) is 0 Å². The van der Waals surface area contributed by atoms with Gasteiger partial charge in [-0.25, -0.2) is 0 Å². The maximum atomic E-state index is 9.26. The van der Waals surface area contributed by atoms with Gasteiger partial charge in [0.05, 0.1) is 0 Å². The van der Waals surface area contributed by atoms with Crippen molar-refractivity contribution in [2.75, 3.05) is 0 Å². The molecule has 0 saturated heterocycles. The Bertz CT molecular complexity index is 358. The molecule has 0 aromatic heterocycles. The summed E-state index contributed by atoms with van der Waals surface area (Å²) < 4.78 is 0. The van der Waals surface area contributed by atoms with Crippen LogP contribution in [0.15, 0.2) is 24.3 Å². The lowest BCUT2D eigenvalue weighted by Gasteiger charge is -2.20. The number of hydrogen-bond donors (Lipinski definition) is 2. The molecule has 2 nitrogen and oxygen atoms in total. The molecule has 0 spiro atoms. The Morgan fingerprint density at radius 1 is 0.900 bits per heavy atom. The van der Waals surface area contributed by atoms with Crippen LogP contribution in [-0.2, 0) is 6.42 Å². The van der Waals surface area contributed by atoms with Gasteiger partial charge in [0.1, 0.15) is 5.75 Å². The molecule has 0 bridgehead atoms. The van der Waals surface area contributed by atoms with Gasteiger partial charge >= 0.3 is 0 Å². The molecule has 0 heterocycles. The molecule has 1 aromatic carbocycles. The fourth-order valence-corrected chi connectivity index (χ4v) is 2.53. The van der Waals surface area contributed by atoms with E-state index in [-0.39, 0.29) is 0 Å². The van der Waals surface area contributed by atoms with Gasteiger partial charge in [0.2, 0.25) is 0 Å². The Morgan fingerprint density at radius 3 is 2.10 bits per heavy atom. The number of phenolic OH excluding ortho intramolecular Hbond substituents is 1. The lowest BCUT2D eigenvalue weighted by Crippen LogP contribution is -2.34. The van der Waals surface area contributed by atoms with Crippen molar-refractivity contribution in [2.45, 2.75) is 71.9 Å². The highest BCUT2D eigenvalue weighted by atomic mass is 16.3. The summed E-state index contributed by atoms with van der Waals surface area (Å²) in [6.07, 6.45) is 6.11. The van der Waals surface area contributed by atoms with Crippen LogP contribution in [0.25, 0.3) is 0 Å². The second-order valence-electron chi connectivity index (χ2n) is 6.50. The van der Waals surface area contributed by atoms with Crippen LogP contribution in [0, 0.1) is 5.92 Å². The standard InChI is InChI=1S/C18H31NO/c1-14(2)6-5-7-15(3)19-16(4)8-9-17-10-12-18(20)13-11-17/h10-16,19-20H,5-9H2,1-4H3. The van der Waals surface area contributed by atoms with E-state index in [1.165, 1.54) is 24.8 Å². The second kappa shape index (κ2) is 9.02. The van der Waals surface area contributed by atoms with Crippen molar-refractivity contribution >= 4 is 0 Å². The van der Waals surface area contributed by atoms with Crippen LogP contribution < -0.4 is 5.32 Å². The minimum atomic E-state index is 0.346. The minimum Gasteiger partial charge on any atom is -0.508 e. The Kier molecular flexibility index (Phi) is 7.68. The van der Waals surface area contributed by atoms with Gasteiger partial charge in [0, 0.05) is 12.1 Å². The monoisotopic (exact) mass is 277 g/mol. The number of phenols is 1. The largest absolute Gasteiger partial charge is 0.508 e. The van der Waals surface area contributed by atoms with E-state index in [4.69, 9.17) is 0 Å². The molecule has 2 unspecified atom stereocenters. The van der Waals surface area contributed by atoms with Crippen LogP contribution >= 0.6 is 0 Å². The number of nitrogens with one attached hydrogen (secondary N) is 1. The van der Waals surface area contributed by atoms with E-state index in [0.717, 1.165) is 18.8 Å². The van der Waals surface area contributed by atoms with Gasteiger partial charge in [-0.3, -0.25) is 0 Å². The first-order valence-electron chi connectivity index (χ1n) is 8.01. The van der Waals surface area contributed by atoms with Gasteiger partial charge in [-0.1, -0.05) is 38.8 Å². The molecule has 0 saturated carbocycles. The molecule has 2 N–H and O–H groups in total. The van der Waals surface area contributed by atoms with Crippen molar-refractivity contribution in [3.05, 3.63) is 29.8 Å². The van der Waals surface area contributed by atoms with Crippen molar-refractivity contribution in [2.24, 2.45) is 5.92 Å². The highest BCUT2D eigenvalue weighted by Gasteiger charge is 2.08. The molecule has 2 heteroatoms. The van der Waals surface area contributed by atoms with Crippen molar-refractivity contribution in [3.63, 3.8) is 0 Å². The van der Waals surface area contributed by atoms with Gasteiger partial charge in [0.15, 0.2) is 0 Å². The van der Waals surface area contributed by atoms with E-state index in [1.54, 1.807) is 12.1 Å². The molecule has 2 atom stereocenters. The molecule has 20 heavy (non-hydrogen) atoms. The third-order valence-electron chi connectivity index (χ3n) is 3.79. The minimum absolute atomic E-state index is 0.346. The zero-order chi connectivity index (χ0) is 15.0. The predicted molar refractivity (Wildman–Crippen MR) is 87.2 cm³/mol. The highest BCUT2D eigenvalue weighted by Crippen LogP contribution is 2.13. The van der Waals surface area contributed by atoms with Gasteiger partial charge in [0.25, 0.3) is 0 Å². The van der Waals surface area contributed by atoms with E-state index in [0.29, 0.717) is 17.8 Å². The number of hydrogen-bond acceptors (Lipinski definition) is 2. The van der Waals surface area contributed by atoms with E-state index >= 15 is 0 Å². The van der Waals surface area contributed by atoms with Crippen LogP contribution in [0.4, 0.5) is 0 Å². The average Bonchev–Trinajstić information content (AvgIpc) is 2.37. The van der Waals surface area contributed by atoms with Crippen LogP contribution in [-0.4, -0.2) is 17.2 Å². The molecule has 114 valence electrons. The molecule has 0 aliphatic carbocycles. The Labute approximate surface area is 124 Å². The first-order chi connectivity index (χ1) is 9.47. The topological polar surface area (TPSA) is 32.3 Å². The summed E-state index contributed by atoms with van der Waals surface area (Å²) in [5.74, 6) is 1.16. The third-order valence-corrected chi connectivity index (χ3v) is 3.79. The summed E-state index contributed by atoms with van der Waals surface area (Å²) in [4.78, 5) is 0. The third kappa shape index (κ3) is 7.54. The number of aromatic hydroxyl groups is 1. The Balaban J connectivity index is 2.19. The Morgan fingerprint density at radius 2 is 1.50 bits per heavy atom. The molecule has 0 amide bonds. The number of aryl methyl sites for hydroxylation is 1. The maximum Gasteiger partial charge on any atom is 0.115 e. The molecule has 0 fully saturated rings. The normalized spacial score (nSPS) is 14.4. The second-order valence-corrected chi connectivity index (χ2v) is 6.50. The first kappa shape index (κ1) is 17.0. The van der Waals surface area contributed by atoms with Crippen LogP contribution in [0.2, 0.25) is 0 Å². The molecule has 1 rings (SSSR count). The van der Waals surface area contributed by atoms with E-state index in [1.807, 2.05) is 12.1 Å². The van der Waals surface area contributed by atoms with E-state index in [2.05, 4.69) is 33.0 Å². The maximum absolute atomic E-state index is 9.26. The van der Waals surface area contributed by atoms with Gasteiger partial charge < -0.3 is 10.4 Å². The molecule has 1 aromatic rings. The van der Waals surface area contributed by atoms with Crippen LogP contribution in [0.5, 0.6) is 5.75 Å². The van der Waals surface area contributed by atoms with Crippen molar-refractivity contribution in [1.29, 1.82) is 0 Å². The fraction of sp³-hybridized carbons (Fsp3) is 0.667. The highest BCUT2D eigenvalue weighted by molar-refractivity contribution is 5.25. The summed E-state index contributed by atoms with van der Waals surface area (Å²) in [5.41, 5.74) is 1.30. The molecule has 0 aliphatic rings. The van der Waals surface area contributed by atoms with Crippen molar-refractivity contribution in [3.8, 4) is 5.75 Å². The summed E-state index contributed by atoms with van der Waals surface area (Å²) >= 11 is 0. The summed E-state index contributed by atoms with van der Waals surface area (Å²) in [6.45, 7) is 9.13. The van der Waals surface area contributed by atoms with Gasteiger partial charge in [-0.15, -0.1) is 0 Å². The van der Waals surface area contributed by atoms with Crippen LogP contribution in [0.3, 0.4) is 0 Å². The van der Waals surface area contributed by atoms with Crippen LogP contribution in [0.1, 0.15) is 58.9 Å². The SMILES string of the molecule is CC(C)CCCC(C)NC(C)CCc1ccc(O)cc1. The van der Waals surface area contributed by atoms with Crippen molar-refractivity contribution in [1.82, 2.24) is 5.32 Å². The lowest BCUT2D eigenvalue weighted by molar-refractivity contribution is 0.405. The lowest BCUT2D eigenvalue weighted by atomic mass is 10.0. The number of benzene rings is 1. The van der Waals surface area contributed by atoms with E-state index in [9.17, 15) is 5.11 Å². The average molecular weight is 277 g/mol. The summed E-state index contributed by atoms with van der Waals surface area (Å²) in [5, 5.41) is 12.9. The van der Waals surface area contributed by atoms with E-state index < -0.39 is 0 Å². The van der Waals surface area contributed by atoms with Gasteiger partial charge in [-0.05, 0) is 56.7 Å². The van der Waals surface area contributed by atoms with Crippen molar-refractivity contribution < 1.29 is 5.11 Å². The predicted octanol–water partition coefficient (Wildman–Crippen LogP) is 4.52. The molecule has 0 aliphatic heterocycles. The Hall–Kier alpha value is -1.02. The molecular formula is C18H31NO. The quantitative estimate of drug-likeness (QED) is 0.695. The summed E-state index contributed by atoms with van der Waals surface area (Å²) in [7, 11) is 0. The molecular weight excluding hydrogens is 246 g/mol.